The van der Waals surface area contributed by atoms with Crippen LogP contribution in [0.25, 0.3) is 77.1 Å². The van der Waals surface area contributed by atoms with E-state index in [0.29, 0.717) is 17.2 Å². The summed E-state index contributed by atoms with van der Waals surface area (Å²) >= 11 is 0. The van der Waals surface area contributed by atoms with Gasteiger partial charge in [0.15, 0.2) is 5.75 Å². The molecule has 0 bridgehead atoms. The van der Waals surface area contributed by atoms with Gasteiger partial charge in [-0.25, -0.2) is 4.98 Å². The van der Waals surface area contributed by atoms with E-state index in [-0.39, 0.29) is 5.41 Å². The van der Waals surface area contributed by atoms with Gasteiger partial charge in [-0.2, -0.15) is 0 Å². The predicted molar refractivity (Wildman–Crippen MR) is 240 cm³/mol. The van der Waals surface area contributed by atoms with Gasteiger partial charge in [0.05, 0.1) is 39.1 Å². The summed E-state index contributed by atoms with van der Waals surface area (Å²) in [5, 5.41) is 10.2. The number of aromatic nitrogens is 3. The number of para-hydroxylation sites is 4. The normalized spacial score (nSPS) is 12.1. The quantitative estimate of drug-likeness (QED) is 0.165. The van der Waals surface area contributed by atoms with Crippen molar-refractivity contribution in [2.45, 2.75) is 26.2 Å². The Kier molecular flexibility index (Phi) is 7.44. The van der Waals surface area contributed by atoms with E-state index in [2.05, 4.69) is 138 Å². The molecule has 0 unspecified atom stereocenters. The SMILES string of the molecule is CC(C)(C)c1ccnc(-n2c3ccccc3c3cc(-n4c5ccccc5c5ccccc54)c(Oc4cccc(Nc5cc6oc7ccccc7c6cc5N)c4)cc32)c1. The van der Waals surface area contributed by atoms with E-state index in [0.717, 1.165) is 77.7 Å². The average Bonchev–Trinajstić information content (AvgIpc) is 3.87. The molecule has 7 nitrogen and oxygen atoms in total. The van der Waals surface area contributed by atoms with Gasteiger partial charge in [0.2, 0.25) is 0 Å². The van der Waals surface area contributed by atoms with Gasteiger partial charge in [0.25, 0.3) is 0 Å². The Morgan fingerprint density at radius 3 is 1.95 bits per heavy atom. The van der Waals surface area contributed by atoms with Crippen molar-refractivity contribution in [1.29, 1.82) is 0 Å². The topological polar surface area (TPSA) is 83.2 Å². The molecule has 11 rings (SSSR count). The van der Waals surface area contributed by atoms with Crippen LogP contribution in [0.4, 0.5) is 17.1 Å². The lowest BCUT2D eigenvalue weighted by molar-refractivity contribution is 0.481. The molecule has 0 spiro atoms. The van der Waals surface area contributed by atoms with E-state index >= 15 is 0 Å². The Morgan fingerprint density at radius 2 is 1.22 bits per heavy atom. The molecule has 4 heterocycles. The molecule has 0 amide bonds. The second-order valence-corrected chi connectivity index (χ2v) is 16.0. The molecule has 0 saturated heterocycles. The highest BCUT2D eigenvalue weighted by atomic mass is 16.5. The molecule has 0 fully saturated rings. The second kappa shape index (κ2) is 12.8. The van der Waals surface area contributed by atoms with Crippen LogP contribution in [-0.4, -0.2) is 14.1 Å². The zero-order chi connectivity index (χ0) is 39.1. The maximum Gasteiger partial charge on any atom is 0.153 e. The van der Waals surface area contributed by atoms with E-state index in [4.69, 9.17) is 19.9 Å². The van der Waals surface area contributed by atoms with E-state index in [1.807, 2.05) is 60.8 Å². The Morgan fingerprint density at radius 1 is 0.569 bits per heavy atom. The fourth-order valence-electron chi connectivity index (χ4n) is 8.49. The maximum atomic E-state index is 7.08. The molecule has 7 aromatic carbocycles. The monoisotopic (exact) mass is 753 g/mol. The zero-order valence-electron chi connectivity index (χ0n) is 32.3. The molecule has 3 N–H and O–H groups in total. The van der Waals surface area contributed by atoms with Crippen LogP contribution in [0.5, 0.6) is 11.5 Å². The molecule has 0 radical (unpaired) electrons. The minimum absolute atomic E-state index is 0.0457. The summed E-state index contributed by atoms with van der Waals surface area (Å²) in [5.41, 5.74) is 16.8. The van der Waals surface area contributed by atoms with Crippen molar-refractivity contribution in [3.8, 4) is 23.0 Å². The molecule has 0 saturated carbocycles. The van der Waals surface area contributed by atoms with Crippen molar-refractivity contribution in [2.75, 3.05) is 11.1 Å². The van der Waals surface area contributed by atoms with Gasteiger partial charge in [-0.1, -0.05) is 99.6 Å². The van der Waals surface area contributed by atoms with Crippen LogP contribution in [0.15, 0.2) is 168 Å². The van der Waals surface area contributed by atoms with E-state index in [1.165, 1.54) is 16.3 Å². The fourth-order valence-corrected chi connectivity index (χ4v) is 8.49. The number of ether oxygens (including phenoxy) is 1. The number of nitrogens with zero attached hydrogens (tertiary/aromatic N) is 3. The third-order valence-electron chi connectivity index (χ3n) is 11.3. The molecule has 0 aliphatic carbocycles. The number of nitrogen functional groups attached to an aromatic ring is 1. The van der Waals surface area contributed by atoms with Gasteiger partial charge in [-0.3, -0.25) is 4.57 Å². The first kappa shape index (κ1) is 33.8. The molecule has 7 heteroatoms. The number of nitrogens with one attached hydrogen (secondary N) is 1. The maximum absolute atomic E-state index is 7.08. The highest BCUT2D eigenvalue weighted by Crippen LogP contribution is 2.43. The summed E-state index contributed by atoms with van der Waals surface area (Å²) in [7, 11) is 0. The first-order chi connectivity index (χ1) is 28.3. The highest BCUT2D eigenvalue weighted by Gasteiger charge is 2.23. The molecule has 0 aliphatic rings. The summed E-state index contributed by atoms with van der Waals surface area (Å²) < 4.78 is 17.9. The Labute approximate surface area is 334 Å². The first-order valence-electron chi connectivity index (χ1n) is 19.6. The van der Waals surface area contributed by atoms with Gasteiger partial charge in [0.1, 0.15) is 22.7 Å². The minimum Gasteiger partial charge on any atom is -0.456 e. The van der Waals surface area contributed by atoms with Gasteiger partial charge in [-0.15, -0.1) is 0 Å². The molecule has 58 heavy (non-hydrogen) atoms. The first-order valence-corrected chi connectivity index (χ1v) is 19.6. The molecule has 280 valence electrons. The van der Waals surface area contributed by atoms with E-state index in [9.17, 15) is 0 Å². The smallest absolute Gasteiger partial charge is 0.153 e. The minimum atomic E-state index is -0.0457. The number of nitrogens with two attached hydrogens (primary N) is 1. The molecular weight excluding hydrogens is 715 g/mol. The third-order valence-corrected chi connectivity index (χ3v) is 11.3. The third kappa shape index (κ3) is 5.39. The summed E-state index contributed by atoms with van der Waals surface area (Å²) in [6.07, 6.45) is 1.91. The number of anilines is 3. The van der Waals surface area contributed by atoms with Crippen molar-refractivity contribution in [1.82, 2.24) is 14.1 Å². The Hall–Kier alpha value is -7.51. The summed E-state index contributed by atoms with van der Waals surface area (Å²) in [6, 6.07) is 54.4. The van der Waals surface area contributed by atoms with Gasteiger partial charge in [-0.05, 0) is 71.6 Å². The number of fused-ring (bicyclic) bond motifs is 9. The Balaban J connectivity index is 1.10. The number of hydrogen-bond acceptors (Lipinski definition) is 5. The van der Waals surface area contributed by atoms with Crippen molar-refractivity contribution >= 4 is 82.6 Å². The summed E-state index contributed by atoms with van der Waals surface area (Å²) in [5.74, 6) is 2.24. The number of benzene rings is 7. The highest BCUT2D eigenvalue weighted by molar-refractivity contribution is 6.13. The summed E-state index contributed by atoms with van der Waals surface area (Å²) in [4.78, 5) is 4.94. The van der Waals surface area contributed by atoms with Crippen molar-refractivity contribution in [2.24, 2.45) is 0 Å². The van der Waals surface area contributed by atoms with Crippen molar-refractivity contribution in [3.05, 3.63) is 169 Å². The largest absolute Gasteiger partial charge is 0.456 e. The van der Waals surface area contributed by atoms with Crippen molar-refractivity contribution in [3.63, 3.8) is 0 Å². The van der Waals surface area contributed by atoms with Crippen LogP contribution >= 0.6 is 0 Å². The van der Waals surface area contributed by atoms with Crippen LogP contribution in [-0.2, 0) is 5.41 Å². The molecule has 11 aromatic rings. The lowest BCUT2D eigenvalue weighted by atomic mass is 9.88. The zero-order valence-corrected chi connectivity index (χ0v) is 32.3. The lowest BCUT2D eigenvalue weighted by Gasteiger charge is -2.20. The number of furan rings is 1. The van der Waals surface area contributed by atoms with E-state index in [1.54, 1.807) is 0 Å². The van der Waals surface area contributed by atoms with Crippen LogP contribution in [0.1, 0.15) is 26.3 Å². The Bertz CT molecular complexity index is 3360. The number of rotatable bonds is 6. The van der Waals surface area contributed by atoms with Crippen LogP contribution < -0.4 is 15.8 Å². The average molecular weight is 754 g/mol. The van der Waals surface area contributed by atoms with Crippen LogP contribution in [0.2, 0.25) is 0 Å². The van der Waals surface area contributed by atoms with Crippen molar-refractivity contribution < 1.29 is 9.15 Å². The fraction of sp³-hybridized carbons (Fsp3) is 0.0784. The standard InChI is InChI=1S/C51H39N5O2/c1-51(2,3)31-23-24-53-50(25-31)56-44-21-10-6-17-36(44)38-28-46(55-42-19-8-4-15-34(42)35-16-5-9-20-43(35)55)49(30-45(38)56)57-33-14-12-13-32(26-33)54-41-29-48-39(27-40(41)52)37-18-7-11-22-47(37)58-48/h4-30,54H,52H2,1-3H3. The second-order valence-electron chi connectivity index (χ2n) is 16.0. The molecular formula is C51H39N5O2. The van der Waals surface area contributed by atoms with Gasteiger partial charge < -0.3 is 24.8 Å². The lowest BCUT2D eigenvalue weighted by Crippen LogP contribution is -2.12. The number of pyridine rings is 1. The van der Waals surface area contributed by atoms with Crippen LogP contribution in [0.3, 0.4) is 0 Å². The molecule has 0 aliphatic heterocycles. The molecule has 4 aromatic heterocycles. The number of hydrogen-bond donors (Lipinski definition) is 2. The predicted octanol–water partition coefficient (Wildman–Crippen LogP) is 13.6. The van der Waals surface area contributed by atoms with Gasteiger partial charge >= 0.3 is 0 Å². The van der Waals surface area contributed by atoms with Gasteiger partial charge in [0, 0.05) is 62.4 Å². The molecule has 0 atom stereocenters. The summed E-state index contributed by atoms with van der Waals surface area (Å²) in [6.45, 7) is 6.70. The van der Waals surface area contributed by atoms with Crippen LogP contribution in [0, 0.1) is 0 Å². The van der Waals surface area contributed by atoms with E-state index < -0.39 is 0 Å².